The number of benzene rings is 8. The third-order valence-electron chi connectivity index (χ3n) is 12.8. The summed E-state index contributed by atoms with van der Waals surface area (Å²) in [6.45, 7) is 11.1. The summed E-state index contributed by atoms with van der Waals surface area (Å²) in [7, 11) is 0. The van der Waals surface area contributed by atoms with Crippen molar-refractivity contribution >= 4 is 44.9 Å². The van der Waals surface area contributed by atoms with Gasteiger partial charge in [-0.1, -0.05) is 154 Å². The number of hydrogen-bond acceptors (Lipinski definition) is 0. The lowest BCUT2D eigenvalue weighted by molar-refractivity contribution is 0.660. The topological polar surface area (TPSA) is 9.86 Å². The number of rotatable bonds is 7. The van der Waals surface area contributed by atoms with Crippen LogP contribution in [0.1, 0.15) is 43.2 Å². The molecule has 0 saturated carbocycles. The summed E-state index contributed by atoms with van der Waals surface area (Å²) in [5, 5.41) is 3.67. The highest BCUT2D eigenvalue weighted by Crippen LogP contribution is 2.49. The molecule has 0 atom stereocenters. The van der Waals surface area contributed by atoms with Crippen LogP contribution in [0, 0.1) is 0 Å². The van der Waals surface area contributed by atoms with E-state index in [1.165, 1.54) is 93.9 Å². The summed E-state index contributed by atoms with van der Waals surface area (Å²) >= 11 is 0. The molecule has 11 rings (SSSR count). The van der Waals surface area contributed by atoms with Crippen LogP contribution in [0.3, 0.4) is 0 Å². The fourth-order valence-electron chi connectivity index (χ4n) is 9.93. The zero-order valence-corrected chi connectivity index (χ0v) is 34.2. The van der Waals surface area contributed by atoms with Crippen LogP contribution < -0.4 is 0 Å². The van der Waals surface area contributed by atoms with Gasteiger partial charge in [0.05, 0.1) is 22.2 Å². The Bertz CT molecular complexity index is 3300. The van der Waals surface area contributed by atoms with E-state index in [-0.39, 0.29) is 5.41 Å². The Morgan fingerprint density at radius 2 is 1.02 bits per heavy atom. The summed E-state index contributed by atoms with van der Waals surface area (Å²) < 4.78 is 4.83. The first kappa shape index (κ1) is 35.7. The molecular formula is C58H44N2. The average molecular weight is 769 g/mol. The molecule has 0 unspecified atom stereocenters. The molecule has 2 heteroatoms. The predicted octanol–water partition coefficient (Wildman–Crippen LogP) is 15.7. The van der Waals surface area contributed by atoms with Crippen molar-refractivity contribution in [1.82, 2.24) is 9.13 Å². The molecule has 0 aliphatic heterocycles. The van der Waals surface area contributed by atoms with Gasteiger partial charge in [-0.3, -0.25) is 0 Å². The summed E-state index contributed by atoms with van der Waals surface area (Å²) in [5.74, 6) is 0. The predicted molar refractivity (Wildman–Crippen MR) is 256 cm³/mol. The van der Waals surface area contributed by atoms with Crippen molar-refractivity contribution in [3.63, 3.8) is 0 Å². The van der Waals surface area contributed by atoms with Crippen LogP contribution in [-0.4, -0.2) is 9.13 Å². The van der Waals surface area contributed by atoms with E-state index in [2.05, 4.69) is 231 Å². The van der Waals surface area contributed by atoms with Crippen molar-refractivity contribution in [3.8, 4) is 55.9 Å². The molecule has 2 nitrogen and oxygen atoms in total. The Balaban J connectivity index is 1.07. The highest BCUT2D eigenvalue weighted by molar-refractivity contribution is 6.11. The number of fused-ring (bicyclic) bond motifs is 7. The molecule has 2 aromatic heterocycles. The van der Waals surface area contributed by atoms with Gasteiger partial charge in [0.1, 0.15) is 0 Å². The minimum absolute atomic E-state index is 0.0881. The van der Waals surface area contributed by atoms with E-state index in [1.807, 2.05) is 6.08 Å². The maximum absolute atomic E-state index is 4.35. The zero-order valence-electron chi connectivity index (χ0n) is 34.2. The second-order valence-corrected chi connectivity index (χ2v) is 16.6. The smallest absolute Gasteiger partial charge is 0.0541 e. The Morgan fingerprint density at radius 3 is 1.70 bits per heavy atom. The van der Waals surface area contributed by atoms with Crippen LogP contribution in [0.5, 0.6) is 0 Å². The van der Waals surface area contributed by atoms with E-state index in [4.69, 9.17) is 0 Å². The van der Waals surface area contributed by atoms with Crippen molar-refractivity contribution in [2.75, 3.05) is 0 Å². The third-order valence-corrected chi connectivity index (χ3v) is 12.8. The monoisotopic (exact) mass is 768 g/mol. The van der Waals surface area contributed by atoms with Crippen LogP contribution in [0.2, 0.25) is 0 Å². The minimum Gasteiger partial charge on any atom is -0.309 e. The Kier molecular flexibility index (Phi) is 8.25. The molecule has 0 radical (unpaired) electrons. The first-order valence-corrected chi connectivity index (χ1v) is 20.9. The summed E-state index contributed by atoms with van der Waals surface area (Å²) in [6.07, 6.45) is 6.38. The van der Waals surface area contributed by atoms with Crippen molar-refractivity contribution in [2.45, 2.75) is 26.2 Å². The van der Waals surface area contributed by atoms with Crippen molar-refractivity contribution in [1.29, 1.82) is 0 Å². The van der Waals surface area contributed by atoms with E-state index >= 15 is 0 Å². The van der Waals surface area contributed by atoms with Gasteiger partial charge in [0.25, 0.3) is 0 Å². The van der Waals surface area contributed by atoms with Crippen molar-refractivity contribution in [3.05, 3.63) is 217 Å². The normalized spacial score (nSPS) is 13.1. The SMILES string of the molecule is C=Cc1c(/C=C\C)c2cc(-c3ccc4c(c3)c3ccccc3n4-c3cc(-c4ccccc4)cc(-c4ccccc4)c3)ccc2n1-c1ccc2c(c1)C(C)(C)c1ccccc1-2. The molecule has 0 spiro atoms. The second kappa shape index (κ2) is 13.9. The van der Waals surface area contributed by atoms with Gasteiger partial charge in [-0.2, -0.15) is 0 Å². The third kappa shape index (κ3) is 5.48. The number of aromatic nitrogens is 2. The maximum atomic E-state index is 4.35. The molecule has 10 aromatic rings. The standard InChI is InChI=1S/C58H44N2/c1-5-17-48-50-35-40(26-30-56(50)59(54(48)6-2)44-28-29-47-46-22-13-15-24-52(46)58(3,4)53(47)37-44)41-27-31-57-51(36-41)49-23-14-16-25-55(49)60(57)45-33-42(38-18-9-7-10-19-38)32-43(34-45)39-20-11-8-12-21-39/h5-37H,2H2,1,3-4H3/b17-5-. The molecule has 0 bridgehead atoms. The van der Waals surface area contributed by atoms with Gasteiger partial charge >= 0.3 is 0 Å². The molecule has 2 heterocycles. The zero-order chi connectivity index (χ0) is 40.5. The maximum Gasteiger partial charge on any atom is 0.0541 e. The Hall–Kier alpha value is -7.42. The van der Waals surface area contributed by atoms with Gasteiger partial charge < -0.3 is 9.13 Å². The van der Waals surface area contributed by atoms with E-state index in [0.717, 1.165) is 17.1 Å². The average Bonchev–Trinajstić information content (AvgIpc) is 3.88. The molecule has 1 aliphatic rings. The van der Waals surface area contributed by atoms with E-state index in [1.54, 1.807) is 0 Å². The lowest BCUT2D eigenvalue weighted by Gasteiger charge is -2.22. The lowest BCUT2D eigenvalue weighted by atomic mass is 9.82. The van der Waals surface area contributed by atoms with Crippen LogP contribution in [0.15, 0.2) is 195 Å². The van der Waals surface area contributed by atoms with Gasteiger partial charge in [-0.05, 0) is 129 Å². The Morgan fingerprint density at radius 1 is 0.433 bits per heavy atom. The van der Waals surface area contributed by atoms with Crippen LogP contribution in [-0.2, 0) is 5.41 Å². The second-order valence-electron chi connectivity index (χ2n) is 16.6. The Labute approximate surface area is 351 Å². The largest absolute Gasteiger partial charge is 0.309 e. The molecular weight excluding hydrogens is 725 g/mol. The molecule has 60 heavy (non-hydrogen) atoms. The summed E-state index contributed by atoms with van der Waals surface area (Å²) in [5.41, 5.74) is 20.6. The van der Waals surface area contributed by atoms with Gasteiger partial charge in [-0.25, -0.2) is 0 Å². The van der Waals surface area contributed by atoms with Crippen LogP contribution >= 0.6 is 0 Å². The van der Waals surface area contributed by atoms with E-state index in [0.29, 0.717) is 0 Å². The van der Waals surface area contributed by atoms with Crippen molar-refractivity contribution < 1.29 is 0 Å². The van der Waals surface area contributed by atoms with E-state index < -0.39 is 0 Å². The quantitative estimate of drug-likeness (QED) is 0.153. The van der Waals surface area contributed by atoms with Crippen molar-refractivity contribution in [2.24, 2.45) is 0 Å². The van der Waals surface area contributed by atoms with Crippen LogP contribution in [0.4, 0.5) is 0 Å². The molecule has 8 aromatic carbocycles. The van der Waals surface area contributed by atoms with E-state index in [9.17, 15) is 0 Å². The fraction of sp³-hybridized carbons (Fsp3) is 0.0690. The number of hydrogen-bond donors (Lipinski definition) is 0. The first-order chi connectivity index (χ1) is 29.4. The van der Waals surface area contributed by atoms with Gasteiger partial charge in [0, 0.05) is 38.5 Å². The number of para-hydroxylation sites is 1. The fourth-order valence-corrected chi connectivity index (χ4v) is 9.93. The molecule has 1 aliphatic carbocycles. The molecule has 0 fully saturated rings. The highest BCUT2D eigenvalue weighted by atomic mass is 15.0. The lowest BCUT2D eigenvalue weighted by Crippen LogP contribution is -2.15. The molecule has 0 saturated heterocycles. The number of nitrogens with zero attached hydrogens (tertiary/aromatic N) is 2. The van der Waals surface area contributed by atoms with Crippen LogP contribution in [0.25, 0.3) is 101 Å². The highest BCUT2D eigenvalue weighted by Gasteiger charge is 2.35. The van der Waals surface area contributed by atoms with Gasteiger partial charge in [-0.15, -0.1) is 0 Å². The van der Waals surface area contributed by atoms with Gasteiger partial charge in [0.2, 0.25) is 0 Å². The molecule has 286 valence electrons. The summed E-state index contributed by atoms with van der Waals surface area (Å²) in [6, 6.07) is 67.0. The summed E-state index contributed by atoms with van der Waals surface area (Å²) in [4.78, 5) is 0. The van der Waals surface area contributed by atoms with Gasteiger partial charge in [0.15, 0.2) is 0 Å². The minimum atomic E-state index is -0.0881. The number of allylic oxidation sites excluding steroid dienone is 1. The first-order valence-electron chi connectivity index (χ1n) is 20.9. The molecule has 0 N–H and O–H groups in total. The molecule has 0 amide bonds.